The first-order valence-corrected chi connectivity index (χ1v) is 11.1. The number of nitrogens with one attached hydrogen (secondary N) is 1. The van der Waals surface area contributed by atoms with Crippen LogP contribution in [0.15, 0.2) is 47.6 Å². The van der Waals surface area contributed by atoms with Crippen molar-refractivity contribution in [2.75, 3.05) is 17.7 Å². The first-order chi connectivity index (χ1) is 14.4. The topological polar surface area (TPSA) is 69.0 Å². The van der Waals surface area contributed by atoms with Crippen LogP contribution in [0, 0.1) is 6.92 Å². The summed E-state index contributed by atoms with van der Waals surface area (Å²) in [6.45, 7) is 2.54. The monoisotopic (exact) mass is 464 g/mol. The Morgan fingerprint density at radius 2 is 1.87 bits per heavy atom. The van der Waals surface area contributed by atoms with Gasteiger partial charge < -0.3 is 14.6 Å². The van der Waals surface area contributed by atoms with Crippen LogP contribution < -0.4 is 10.1 Å². The Balaban J connectivity index is 1.43. The number of aromatic nitrogens is 3. The van der Waals surface area contributed by atoms with Crippen LogP contribution in [0.5, 0.6) is 5.75 Å². The number of carbonyl (C=O) groups excluding carboxylic acids is 1. The number of aryl methyl sites for hydroxylation is 2. The summed E-state index contributed by atoms with van der Waals surface area (Å²) in [5.74, 6) is 1.82. The smallest absolute Gasteiger partial charge is 0.234 e. The molecular formula is C21H22Cl2N4O2S. The first-order valence-electron chi connectivity index (χ1n) is 9.38. The van der Waals surface area contributed by atoms with Crippen LogP contribution in [0.2, 0.25) is 10.0 Å². The standard InChI is InChI=1S/C21H22Cl2N4O2S/c1-14-12-16(23)7-10-18(14)29-11-3-4-19-25-26-21(27(19)2)30-13-20(28)24-17-8-5-15(22)6-9-17/h5-10,12H,3-4,11,13H2,1-2H3,(H,24,28). The molecule has 3 aromatic rings. The molecule has 1 amide bonds. The number of hydrogen-bond donors (Lipinski definition) is 1. The van der Waals surface area contributed by atoms with Crippen molar-refractivity contribution in [1.82, 2.24) is 14.8 Å². The molecular weight excluding hydrogens is 443 g/mol. The number of rotatable bonds is 9. The normalized spacial score (nSPS) is 10.8. The summed E-state index contributed by atoms with van der Waals surface area (Å²) < 4.78 is 7.73. The molecule has 0 spiro atoms. The predicted molar refractivity (Wildman–Crippen MR) is 122 cm³/mol. The van der Waals surface area contributed by atoms with Crippen LogP contribution in [-0.2, 0) is 18.3 Å². The summed E-state index contributed by atoms with van der Waals surface area (Å²) in [4.78, 5) is 12.1. The Hall–Kier alpha value is -2.22. The maximum absolute atomic E-state index is 12.1. The molecule has 158 valence electrons. The molecule has 0 saturated carbocycles. The van der Waals surface area contributed by atoms with Crippen LogP contribution in [0.1, 0.15) is 17.8 Å². The van der Waals surface area contributed by atoms with Crippen molar-refractivity contribution < 1.29 is 9.53 Å². The van der Waals surface area contributed by atoms with E-state index in [9.17, 15) is 4.79 Å². The second kappa shape index (κ2) is 10.7. The maximum atomic E-state index is 12.1. The number of ether oxygens (including phenoxy) is 1. The number of amides is 1. The van der Waals surface area contributed by atoms with Crippen molar-refractivity contribution in [2.24, 2.45) is 7.05 Å². The lowest BCUT2D eigenvalue weighted by molar-refractivity contribution is -0.113. The molecule has 1 N–H and O–H groups in total. The molecule has 1 aromatic heterocycles. The van der Waals surface area contributed by atoms with E-state index < -0.39 is 0 Å². The van der Waals surface area contributed by atoms with Gasteiger partial charge in [0.05, 0.1) is 12.4 Å². The average Bonchev–Trinajstić information content (AvgIpc) is 3.06. The number of hydrogen-bond acceptors (Lipinski definition) is 5. The minimum Gasteiger partial charge on any atom is -0.493 e. The minimum atomic E-state index is -0.112. The van der Waals surface area contributed by atoms with Gasteiger partial charge in [-0.25, -0.2) is 0 Å². The molecule has 9 heteroatoms. The Morgan fingerprint density at radius 1 is 1.13 bits per heavy atom. The highest BCUT2D eigenvalue weighted by Gasteiger charge is 2.12. The van der Waals surface area contributed by atoms with E-state index in [4.69, 9.17) is 27.9 Å². The van der Waals surface area contributed by atoms with Gasteiger partial charge in [0.1, 0.15) is 11.6 Å². The third-order valence-corrected chi connectivity index (χ3v) is 5.83. The molecule has 0 bridgehead atoms. The van der Waals surface area contributed by atoms with Gasteiger partial charge in [-0.15, -0.1) is 10.2 Å². The number of thioether (sulfide) groups is 1. The molecule has 0 aliphatic heterocycles. The van der Waals surface area contributed by atoms with E-state index in [1.54, 1.807) is 24.3 Å². The fraction of sp³-hybridized carbons (Fsp3) is 0.286. The summed E-state index contributed by atoms with van der Waals surface area (Å²) in [7, 11) is 1.90. The molecule has 30 heavy (non-hydrogen) atoms. The molecule has 0 atom stereocenters. The summed E-state index contributed by atoms with van der Waals surface area (Å²) in [6.07, 6.45) is 1.53. The van der Waals surface area contributed by atoms with Gasteiger partial charge in [-0.1, -0.05) is 35.0 Å². The summed E-state index contributed by atoms with van der Waals surface area (Å²) in [5.41, 5.74) is 1.72. The number of carbonyl (C=O) groups is 1. The fourth-order valence-corrected chi connectivity index (χ4v) is 3.82. The van der Waals surface area contributed by atoms with Crippen molar-refractivity contribution in [3.05, 3.63) is 63.9 Å². The van der Waals surface area contributed by atoms with Crippen molar-refractivity contribution in [2.45, 2.75) is 24.9 Å². The van der Waals surface area contributed by atoms with E-state index in [-0.39, 0.29) is 11.7 Å². The predicted octanol–water partition coefficient (Wildman–Crippen LogP) is 5.17. The van der Waals surface area contributed by atoms with Gasteiger partial charge in [-0.2, -0.15) is 0 Å². The maximum Gasteiger partial charge on any atom is 0.234 e. The molecule has 6 nitrogen and oxygen atoms in total. The summed E-state index contributed by atoms with van der Waals surface area (Å²) >= 11 is 13.2. The van der Waals surface area contributed by atoms with E-state index in [0.717, 1.165) is 30.0 Å². The highest BCUT2D eigenvalue weighted by atomic mass is 35.5. The SMILES string of the molecule is Cc1cc(Cl)ccc1OCCCc1nnc(SCC(=O)Nc2ccc(Cl)cc2)n1C. The van der Waals surface area contributed by atoms with Crippen LogP contribution in [0.25, 0.3) is 0 Å². The lowest BCUT2D eigenvalue weighted by atomic mass is 10.2. The first kappa shape index (κ1) is 22.5. The van der Waals surface area contributed by atoms with Gasteiger partial charge in [0.15, 0.2) is 5.16 Å². The van der Waals surface area contributed by atoms with Gasteiger partial charge >= 0.3 is 0 Å². The Bertz CT molecular complexity index is 1010. The average molecular weight is 465 g/mol. The van der Waals surface area contributed by atoms with Gasteiger partial charge in [-0.3, -0.25) is 4.79 Å². The van der Waals surface area contributed by atoms with E-state index in [0.29, 0.717) is 27.5 Å². The zero-order valence-corrected chi connectivity index (χ0v) is 19.0. The Kier molecular flexibility index (Phi) is 8.01. The summed E-state index contributed by atoms with van der Waals surface area (Å²) in [5, 5.41) is 13.3. The molecule has 0 unspecified atom stereocenters. The number of anilines is 1. The van der Waals surface area contributed by atoms with Crippen LogP contribution in [0.4, 0.5) is 5.69 Å². The van der Waals surface area contributed by atoms with Crippen LogP contribution in [-0.4, -0.2) is 33.0 Å². The zero-order chi connectivity index (χ0) is 21.5. The molecule has 3 rings (SSSR count). The lowest BCUT2D eigenvalue weighted by Gasteiger charge is -2.09. The van der Waals surface area contributed by atoms with Crippen molar-refractivity contribution in [3.63, 3.8) is 0 Å². The number of nitrogens with zero attached hydrogens (tertiary/aromatic N) is 3. The molecule has 0 aliphatic rings. The number of halogens is 2. The fourth-order valence-electron chi connectivity index (χ4n) is 2.74. The third kappa shape index (κ3) is 6.39. The minimum absolute atomic E-state index is 0.112. The van der Waals surface area contributed by atoms with Gasteiger partial charge in [-0.05, 0) is 61.4 Å². The summed E-state index contributed by atoms with van der Waals surface area (Å²) in [6, 6.07) is 12.6. The quantitative estimate of drug-likeness (QED) is 0.349. The number of benzene rings is 2. The van der Waals surface area contributed by atoms with Crippen molar-refractivity contribution in [1.29, 1.82) is 0 Å². The second-order valence-corrected chi connectivity index (χ2v) is 8.48. The van der Waals surface area contributed by atoms with Crippen molar-refractivity contribution >= 4 is 46.6 Å². The van der Waals surface area contributed by atoms with Crippen LogP contribution >= 0.6 is 35.0 Å². The van der Waals surface area contributed by atoms with Gasteiger partial charge in [0, 0.05) is 29.2 Å². The molecule has 2 aromatic carbocycles. The Morgan fingerprint density at radius 3 is 2.60 bits per heavy atom. The van der Waals surface area contributed by atoms with Crippen LogP contribution in [0.3, 0.4) is 0 Å². The van der Waals surface area contributed by atoms with Gasteiger partial charge in [0.2, 0.25) is 5.91 Å². The second-order valence-electron chi connectivity index (χ2n) is 6.66. The van der Waals surface area contributed by atoms with Crippen molar-refractivity contribution in [3.8, 4) is 5.75 Å². The molecule has 0 saturated heterocycles. The lowest BCUT2D eigenvalue weighted by Crippen LogP contribution is -2.14. The molecule has 0 fully saturated rings. The largest absolute Gasteiger partial charge is 0.493 e. The highest BCUT2D eigenvalue weighted by molar-refractivity contribution is 7.99. The van der Waals surface area contributed by atoms with Gasteiger partial charge in [0.25, 0.3) is 0 Å². The Labute approximate surface area is 189 Å². The molecule has 1 heterocycles. The molecule has 0 aliphatic carbocycles. The van der Waals surface area contributed by atoms with E-state index >= 15 is 0 Å². The van der Waals surface area contributed by atoms with E-state index in [2.05, 4.69) is 15.5 Å². The van der Waals surface area contributed by atoms with E-state index in [1.165, 1.54) is 11.8 Å². The van der Waals surface area contributed by atoms with E-state index in [1.807, 2.05) is 36.7 Å². The molecule has 0 radical (unpaired) electrons. The highest BCUT2D eigenvalue weighted by Crippen LogP contribution is 2.22. The third-order valence-electron chi connectivity index (χ3n) is 4.32. The zero-order valence-electron chi connectivity index (χ0n) is 16.7.